The molecule has 4 saturated carbocycles. The summed E-state index contributed by atoms with van der Waals surface area (Å²) in [4.78, 5) is 2.59. The lowest BCUT2D eigenvalue weighted by Crippen LogP contribution is -2.61. The van der Waals surface area contributed by atoms with Gasteiger partial charge in [0.15, 0.2) is 0 Å². The van der Waals surface area contributed by atoms with Gasteiger partial charge in [-0.1, -0.05) is 48.5 Å². The average molecular weight is 348 g/mol. The first-order chi connectivity index (χ1) is 12.7. The van der Waals surface area contributed by atoms with Crippen molar-refractivity contribution in [2.45, 2.75) is 50.2 Å². The minimum Gasteiger partial charge on any atom is -0.387 e. The van der Waals surface area contributed by atoms with Crippen molar-refractivity contribution in [3.63, 3.8) is 0 Å². The van der Waals surface area contributed by atoms with E-state index in [0.29, 0.717) is 6.54 Å². The van der Waals surface area contributed by atoms with Gasteiger partial charge in [-0.3, -0.25) is 0 Å². The fourth-order valence-corrected chi connectivity index (χ4v) is 6.53. The molecule has 1 atom stereocenters. The van der Waals surface area contributed by atoms with Crippen molar-refractivity contribution >= 4 is 5.69 Å². The fraction of sp³-hybridized carbons (Fsp3) is 0.500. The second-order valence-corrected chi connectivity index (χ2v) is 9.01. The van der Waals surface area contributed by atoms with Gasteiger partial charge < -0.3 is 10.0 Å². The van der Waals surface area contributed by atoms with Crippen molar-refractivity contribution in [2.75, 3.05) is 11.4 Å². The van der Waals surface area contributed by atoms with Crippen molar-refractivity contribution in [2.24, 2.45) is 17.8 Å². The monoisotopic (exact) mass is 347 g/mol. The third-order valence-electron chi connectivity index (χ3n) is 7.19. The highest BCUT2D eigenvalue weighted by Gasteiger charge is 2.53. The number of anilines is 1. The molecule has 4 bridgehead atoms. The second kappa shape index (κ2) is 6.42. The van der Waals surface area contributed by atoms with Gasteiger partial charge in [0.05, 0.1) is 6.10 Å². The number of rotatable bonds is 5. The Morgan fingerprint density at radius 3 is 1.85 bits per heavy atom. The molecule has 0 spiro atoms. The lowest BCUT2D eigenvalue weighted by atomic mass is 9.52. The Balaban J connectivity index is 1.49. The van der Waals surface area contributed by atoms with E-state index < -0.39 is 6.10 Å². The van der Waals surface area contributed by atoms with Crippen molar-refractivity contribution < 1.29 is 5.11 Å². The molecule has 2 aromatic carbocycles. The van der Waals surface area contributed by atoms with Gasteiger partial charge in [0, 0.05) is 17.8 Å². The maximum absolute atomic E-state index is 11.0. The van der Waals surface area contributed by atoms with Gasteiger partial charge in [0.25, 0.3) is 0 Å². The Morgan fingerprint density at radius 2 is 1.31 bits per heavy atom. The number of hydrogen-bond donors (Lipinski definition) is 1. The average Bonchev–Trinajstić information content (AvgIpc) is 2.66. The zero-order valence-corrected chi connectivity index (χ0v) is 15.4. The molecule has 2 nitrogen and oxygen atoms in total. The van der Waals surface area contributed by atoms with Crippen LogP contribution in [0.1, 0.15) is 50.2 Å². The molecule has 0 aromatic heterocycles. The van der Waals surface area contributed by atoms with Gasteiger partial charge in [-0.25, -0.2) is 0 Å². The van der Waals surface area contributed by atoms with Crippen LogP contribution >= 0.6 is 0 Å². The summed E-state index contributed by atoms with van der Waals surface area (Å²) in [6, 6.07) is 21.0. The van der Waals surface area contributed by atoms with E-state index in [1.165, 1.54) is 44.2 Å². The Bertz CT molecular complexity index is 706. The summed E-state index contributed by atoms with van der Waals surface area (Å²) in [6.07, 6.45) is 7.85. The van der Waals surface area contributed by atoms with E-state index in [0.717, 1.165) is 23.3 Å². The Labute approximate surface area is 156 Å². The highest BCUT2D eigenvalue weighted by atomic mass is 16.3. The topological polar surface area (TPSA) is 23.5 Å². The highest BCUT2D eigenvalue weighted by molar-refractivity contribution is 5.50. The quantitative estimate of drug-likeness (QED) is 0.804. The molecule has 0 amide bonds. The van der Waals surface area contributed by atoms with Crippen LogP contribution in [0.2, 0.25) is 0 Å². The van der Waals surface area contributed by atoms with E-state index in [4.69, 9.17) is 0 Å². The van der Waals surface area contributed by atoms with Gasteiger partial charge in [0.2, 0.25) is 0 Å². The fourth-order valence-electron chi connectivity index (χ4n) is 6.53. The number of β-amino-alcohol motifs (C(OH)–C–C–N with tert-alkyl or cyclic N) is 1. The molecule has 0 radical (unpaired) electrons. The van der Waals surface area contributed by atoms with Crippen molar-refractivity contribution in [3.05, 3.63) is 66.2 Å². The predicted octanol–water partition coefficient (Wildman–Crippen LogP) is 5.20. The number of benzene rings is 2. The molecule has 0 heterocycles. The molecule has 4 aliphatic carbocycles. The summed E-state index contributed by atoms with van der Waals surface area (Å²) in [7, 11) is 0. The van der Waals surface area contributed by atoms with Gasteiger partial charge in [-0.2, -0.15) is 0 Å². The predicted molar refractivity (Wildman–Crippen MR) is 106 cm³/mol. The molecule has 4 aliphatic rings. The van der Waals surface area contributed by atoms with E-state index in [1.54, 1.807) is 0 Å². The zero-order chi connectivity index (χ0) is 17.6. The van der Waals surface area contributed by atoms with Crippen molar-refractivity contribution in [1.82, 2.24) is 0 Å². The number of para-hydroxylation sites is 1. The van der Waals surface area contributed by atoms with Crippen LogP contribution in [0.25, 0.3) is 0 Å². The maximum Gasteiger partial charge on any atom is 0.0965 e. The van der Waals surface area contributed by atoms with Crippen LogP contribution in [0.3, 0.4) is 0 Å². The van der Waals surface area contributed by atoms with Gasteiger partial charge in [-0.05, 0) is 74.0 Å². The van der Waals surface area contributed by atoms with Crippen LogP contribution in [0, 0.1) is 17.8 Å². The second-order valence-electron chi connectivity index (χ2n) is 9.01. The molecule has 6 rings (SSSR count). The first-order valence-electron chi connectivity index (χ1n) is 10.3. The van der Waals surface area contributed by atoms with Crippen LogP contribution in [-0.2, 0) is 0 Å². The third-order valence-corrected chi connectivity index (χ3v) is 7.19. The minimum atomic E-state index is -0.440. The van der Waals surface area contributed by atoms with Crippen LogP contribution in [0.5, 0.6) is 0 Å². The number of hydrogen-bond acceptors (Lipinski definition) is 2. The summed E-state index contributed by atoms with van der Waals surface area (Å²) < 4.78 is 0. The maximum atomic E-state index is 11.0. The summed E-state index contributed by atoms with van der Waals surface area (Å²) in [5, 5.41) is 11.0. The molecule has 0 aliphatic heterocycles. The van der Waals surface area contributed by atoms with Gasteiger partial charge in [-0.15, -0.1) is 0 Å². The van der Waals surface area contributed by atoms with E-state index in [9.17, 15) is 5.11 Å². The Morgan fingerprint density at radius 1 is 0.808 bits per heavy atom. The van der Waals surface area contributed by atoms with Crippen LogP contribution in [-0.4, -0.2) is 17.2 Å². The van der Waals surface area contributed by atoms with E-state index >= 15 is 0 Å². The van der Waals surface area contributed by atoms with E-state index in [2.05, 4.69) is 35.2 Å². The molecule has 2 heteroatoms. The lowest BCUT2D eigenvalue weighted by Gasteiger charge is -2.61. The zero-order valence-electron chi connectivity index (χ0n) is 15.4. The SMILES string of the molecule is OC(CN(c1ccccc1)C12CC3CC(CC(C3)C1)C2)c1ccccc1. The Kier molecular flexibility index (Phi) is 4.04. The van der Waals surface area contributed by atoms with Crippen molar-refractivity contribution in [3.8, 4) is 0 Å². The summed E-state index contributed by atoms with van der Waals surface area (Å²) in [5.74, 6) is 2.71. The Hall–Kier alpha value is -1.80. The van der Waals surface area contributed by atoms with E-state index in [1.807, 2.05) is 30.3 Å². The third kappa shape index (κ3) is 2.85. The standard InChI is InChI=1S/C24H29NO/c26-23(21-7-3-1-4-8-21)17-25(22-9-5-2-6-10-22)24-14-18-11-19(15-24)13-20(12-18)16-24/h1-10,18-20,23,26H,11-17H2. The summed E-state index contributed by atoms with van der Waals surface area (Å²) >= 11 is 0. The minimum absolute atomic E-state index is 0.256. The van der Waals surface area contributed by atoms with Crippen LogP contribution < -0.4 is 4.90 Å². The number of aliphatic hydroxyl groups excluding tert-OH is 1. The molecule has 2 aromatic rings. The van der Waals surface area contributed by atoms with Crippen molar-refractivity contribution in [1.29, 1.82) is 0 Å². The largest absolute Gasteiger partial charge is 0.387 e. The number of nitrogens with zero attached hydrogens (tertiary/aromatic N) is 1. The molecule has 0 saturated heterocycles. The summed E-state index contributed by atoms with van der Waals surface area (Å²) in [5.41, 5.74) is 2.56. The van der Waals surface area contributed by atoms with Gasteiger partial charge in [0.1, 0.15) is 0 Å². The first kappa shape index (κ1) is 16.4. The molecule has 26 heavy (non-hydrogen) atoms. The summed E-state index contributed by atoms with van der Waals surface area (Å²) in [6.45, 7) is 0.695. The molecule has 1 unspecified atom stereocenters. The van der Waals surface area contributed by atoms with Crippen LogP contribution in [0.4, 0.5) is 5.69 Å². The molecular formula is C24H29NO. The number of aliphatic hydroxyl groups is 1. The molecular weight excluding hydrogens is 318 g/mol. The van der Waals surface area contributed by atoms with Gasteiger partial charge >= 0.3 is 0 Å². The molecule has 1 N–H and O–H groups in total. The smallest absolute Gasteiger partial charge is 0.0965 e. The van der Waals surface area contributed by atoms with Crippen LogP contribution in [0.15, 0.2) is 60.7 Å². The lowest BCUT2D eigenvalue weighted by molar-refractivity contribution is -0.00820. The van der Waals surface area contributed by atoms with E-state index in [-0.39, 0.29) is 5.54 Å². The first-order valence-corrected chi connectivity index (χ1v) is 10.3. The normalized spacial score (nSPS) is 33.2. The highest BCUT2D eigenvalue weighted by Crippen LogP contribution is 2.58. The molecule has 136 valence electrons. The molecule has 4 fully saturated rings.